The molecular weight excluding hydrogens is 426 g/mol. The van der Waals surface area contributed by atoms with Crippen LogP contribution in [-0.4, -0.2) is 75.5 Å². The predicted molar refractivity (Wildman–Crippen MR) is 125 cm³/mol. The second-order valence-electron chi connectivity index (χ2n) is 7.41. The summed E-state index contributed by atoms with van der Waals surface area (Å²) in [6, 6.07) is 10.9. The second kappa shape index (κ2) is 9.68. The van der Waals surface area contributed by atoms with Gasteiger partial charge in [-0.25, -0.2) is 14.8 Å². The first-order chi connectivity index (χ1) is 16.0. The van der Waals surface area contributed by atoms with Crippen molar-refractivity contribution >= 4 is 28.6 Å². The Kier molecular flexibility index (Phi) is 6.53. The van der Waals surface area contributed by atoms with Crippen molar-refractivity contribution in [2.75, 3.05) is 64.8 Å². The zero-order chi connectivity index (χ0) is 23.4. The third-order valence-corrected chi connectivity index (χ3v) is 5.53. The minimum atomic E-state index is -0.252. The summed E-state index contributed by atoms with van der Waals surface area (Å²) in [7, 11) is 6.33. The van der Waals surface area contributed by atoms with E-state index in [0.717, 1.165) is 17.2 Å². The van der Waals surface area contributed by atoms with Gasteiger partial charge in [-0.05, 0) is 12.1 Å². The maximum atomic E-state index is 12.9. The molecule has 174 valence electrons. The van der Waals surface area contributed by atoms with Crippen molar-refractivity contribution in [3.05, 3.63) is 36.4 Å². The number of fused-ring (bicyclic) bond motifs is 1. The molecule has 0 atom stereocenters. The highest BCUT2D eigenvalue weighted by Gasteiger charge is 2.24. The molecule has 0 aliphatic carbocycles. The number of methoxy groups -OCH3 is 4. The molecule has 0 radical (unpaired) electrons. The third kappa shape index (κ3) is 4.79. The standard InChI is InChI=1S/C23H27N5O5/c1-30-16-5-6-19-20(14-16)25-22(33-4)21(24-19)26-23(29)28-9-7-27(8-10-28)15-11-17(31-2)13-18(12-15)32-3/h5-6,11-14H,7-10H2,1-4H3,(H,24,26,29). The van der Waals surface area contributed by atoms with Crippen LogP contribution in [0.5, 0.6) is 23.1 Å². The molecule has 2 aromatic carbocycles. The van der Waals surface area contributed by atoms with Crippen molar-refractivity contribution in [1.82, 2.24) is 14.9 Å². The van der Waals surface area contributed by atoms with Gasteiger partial charge in [0, 0.05) is 56.1 Å². The fourth-order valence-corrected chi connectivity index (χ4v) is 3.69. The number of amides is 2. The molecule has 33 heavy (non-hydrogen) atoms. The molecule has 1 aliphatic rings. The molecule has 3 aromatic rings. The lowest BCUT2D eigenvalue weighted by Crippen LogP contribution is -2.50. The van der Waals surface area contributed by atoms with Gasteiger partial charge in [-0.15, -0.1) is 0 Å². The summed E-state index contributed by atoms with van der Waals surface area (Å²) in [5.74, 6) is 2.64. The Hall–Kier alpha value is -3.95. The van der Waals surface area contributed by atoms with Crippen LogP contribution in [0.25, 0.3) is 11.0 Å². The van der Waals surface area contributed by atoms with E-state index in [-0.39, 0.29) is 17.7 Å². The smallest absolute Gasteiger partial charge is 0.323 e. The number of hydrogen-bond donors (Lipinski definition) is 1. The summed E-state index contributed by atoms with van der Waals surface area (Å²) in [5.41, 5.74) is 2.24. The Labute approximate surface area is 192 Å². The summed E-state index contributed by atoms with van der Waals surface area (Å²) >= 11 is 0. The topological polar surface area (TPSA) is 98.3 Å². The lowest BCUT2D eigenvalue weighted by atomic mass is 10.2. The highest BCUT2D eigenvalue weighted by molar-refractivity contribution is 5.91. The van der Waals surface area contributed by atoms with E-state index in [2.05, 4.69) is 20.2 Å². The number of carbonyl (C=O) groups is 1. The lowest BCUT2D eigenvalue weighted by molar-refractivity contribution is 0.208. The fourth-order valence-electron chi connectivity index (χ4n) is 3.69. The van der Waals surface area contributed by atoms with Crippen LogP contribution in [0.3, 0.4) is 0 Å². The van der Waals surface area contributed by atoms with Gasteiger partial charge in [-0.1, -0.05) is 0 Å². The molecule has 1 aromatic heterocycles. The van der Waals surface area contributed by atoms with Crippen molar-refractivity contribution < 1.29 is 23.7 Å². The molecule has 2 amide bonds. The van der Waals surface area contributed by atoms with Crippen molar-refractivity contribution in [2.45, 2.75) is 0 Å². The second-order valence-corrected chi connectivity index (χ2v) is 7.41. The molecule has 0 unspecified atom stereocenters. The number of nitrogens with one attached hydrogen (secondary N) is 1. The van der Waals surface area contributed by atoms with Gasteiger partial charge in [-0.2, -0.15) is 0 Å². The van der Waals surface area contributed by atoms with Gasteiger partial charge in [-0.3, -0.25) is 5.32 Å². The van der Waals surface area contributed by atoms with Gasteiger partial charge in [0.15, 0.2) is 5.82 Å². The lowest BCUT2D eigenvalue weighted by Gasteiger charge is -2.36. The molecule has 10 nitrogen and oxygen atoms in total. The number of piperazine rings is 1. The SMILES string of the molecule is COc1cc(OC)cc(N2CCN(C(=O)Nc3nc4ccc(OC)cc4nc3OC)CC2)c1. The van der Waals surface area contributed by atoms with Crippen LogP contribution < -0.4 is 29.2 Å². The summed E-state index contributed by atoms with van der Waals surface area (Å²) < 4.78 is 21.3. The largest absolute Gasteiger partial charge is 0.497 e. The number of carbonyl (C=O) groups excluding carboxylic acids is 1. The number of nitrogens with zero attached hydrogens (tertiary/aromatic N) is 4. The Bertz CT molecular complexity index is 1130. The number of ether oxygens (including phenoxy) is 4. The first kappa shape index (κ1) is 22.3. The molecule has 1 N–H and O–H groups in total. The quantitative estimate of drug-likeness (QED) is 0.608. The van der Waals surface area contributed by atoms with E-state index in [0.29, 0.717) is 43.0 Å². The number of aromatic nitrogens is 2. The predicted octanol–water partition coefficient (Wildman–Crippen LogP) is 3.02. The molecule has 10 heteroatoms. The number of benzene rings is 2. The summed E-state index contributed by atoms with van der Waals surface area (Å²) in [4.78, 5) is 25.8. The van der Waals surface area contributed by atoms with Crippen LogP contribution in [0, 0.1) is 0 Å². The van der Waals surface area contributed by atoms with Crippen LogP contribution in [-0.2, 0) is 0 Å². The van der Waals surface area contributed by atoms with Gasteiger partial charge >= 0.3 is 6.03 Å². The van der Waals surface area contributed by atoms with Gasteiger partial charge < -0.3 is 28.7 Å². The zero-order valence-corrected chi connectivity index (χ0v) is 19.1. The van der Waals surface area contributed by atoms with Crippen molar-refractivity contribution in [3.63, 3.8) is 0 Å². The highest BCUT2D eigenvalue weighted by Crippen LogP contribution is 2.29. The Morgan fingerprint density at radius 1 is 0.788 bits per heavy atom. The third-order valence-electron chi connectivity index (χ3n) is 5.53. The normalized spacial score (nSPS) is 13.6. The number of anilines is 2. The number of rotatable bonds is 6. The molecule has 0 spiro atoms. The Morgan fingerprint density at radius 3 is 2.06 bits per heavy atom. The van der Waals surface area contributed by atoms with E-state index in [9.17, 15) is 4.79 Å². The van der Waals surface area contributed by atoms with Crippen LogP contribution >= 0.6 is 0 Å². The minimum absolute atomic E-state index is 0.242. The maximum Gasteiger partial charge on any atom is 0.323 e. The van der Waals surface area contributed by atoms with E-state index >= 15 is 0 Å². The molecule has 1 saturated heterocycles. The molecule has 4 rings (SSSR count). The maximum absolute atomic E-state index is 12.9. The van der Waals surface area contributed by atoms with Gasteiger partial charge in [0.1, 0.15) is 17.2 Å². The van der Waals surface area contributed by atoms with Crippen LogP contribution in [0.4, 0.5) is 16.3 Å². The minimum Gasteiger partial charge on any atom is -0.497 e. The van der Waals surface area contributed by atoms with Crippen molar-refractivity contribution in [1.29, 1.82) is 0 Å². The van der Waals surface area contributed by atoms with Crippen molar-refractivity contribution in [3.8, 4) is 23.1 Å². The van der Waals surface area contributed by atoms with Crippen LogP contribution in [0.2, 0.25) is 0 Å². The first-order valence-corrected chi connectivity index (χ1v) is 10.5. The summed E-state index contributed by atoms with van der Waals surface area (Å²) in [6.45, 7) is 2.44. The highest BCUT2D eigenvalue weighted by atomic mass is 16.5. The van der Waals surface area contributed by atoms with Gasteiger partial charge in [0.25, 0.3) is 5.88 Å². The summed E-state index contributed by atoms with van der Waals surface area (Å²) in [6.07, 6.45) is 0. The molecule has 1 aliphatic heterocycles. The van der Waals surface area contributed by atoms with E-state index in [1.165, 1.54) is 7.11 Å². The van der Waals surface area contributed by atoms with E-state index < -0.39 is 0 Å². The van der Waals surface area contributed by atoms with Gasteiger partial charge in [0.05, 0.1) is 39.5 Å². The fraction of sp³-hybridized carbons (Fsp3) is 0.348. The van der Waals surface area contributed by atoms with Crippen LogP contribution in [0.1, 0.15) is 0 Å². The average molecular weight is 453 g/mol. The van der Waals surface area contributed by atoms with Gasteiger partial charge in [0.2, 0.25) is 0 Å². The van der Waals surface area contributed by atoms with E-state index in [1.54, 1.807) is 44.4 Å². The van der Waals surface area contributed by atoms with Crippen LogP contribution in [0.15, 0.2) is 36.4 Å². The first-order valence-electron chi connectivity index (χ1n) is 10.5. The van der Waals surface area contributed by atoms with E-state index in [1.807, 2.05) is 18.2 Å². The molecular formula is C23H27N5O5. The Balaban J connectivity index is 1.45. The molecule has 2 heterocycles. The molecule has 0 saturated carbocycles. The number of hydrogen-bond acceptors (Lipinski definition) is 8. The Morgan fingerprint density at radius 2 is 1.45 bits per heavy atom. The van der Waals surface area contributed by atoms with E-state index in [4.69, 9.17) is 18.9 Å². The number of urea groups is 1. The average Bonchev–Trinajstić information content (AvgIpc) is 2.87. The van der Waals surface area contributed by atoms with Crippen molar-refractivity contribution in [2.24, 2.45) is 0 Å². The zero-order valence-electron chi connectivity index (χ0n) is 19.1. The summed E-state index contributed by atoms with van der Waals surface area (Å²) in [5, 5.41) is 2.84. The molecule has 1 fully saturated rings. The molecule has 0 bridgehead atoms. The monoisotopic (exact) mass is 453 g/mol.